The first kappa shape index (κ1) is 11.5. The Morgan fingerprint density at radius 2 is 2.29 bits per heavy atom. The van der Waals surface area contributed by atoms with Gasteiger partial charge in [-0.1, -0.05) is 13.8 Å². The Hall–Kier alpha value is -0.570. The van der Waals surface area contributed by atoms with E-state index in [1.807, 2.05) is 11.9 Å². The van der Waals surface area contributed by atoms with E-state index in [1.54, 1.807) is 0 Å². The summed E-state index contributed by atoms with van der Waals surface area (Å²) in [6, 6.07) is 0.0651. The third kappa shape index (κ3) is 2.98. The molecule has 1 N–H and O–H groups in total. The first-order chi connectivity index (χ1) is 6.65. The van der Waals surface area contributed by atoms with Gasteiger partial charge in [-0.05, 0) is 31.7 Å². The summed E-state index contributed by atoms with van der Waals surface area (Å²) >= 11 is 0. The lowest BCUT2D eigenvalue weighted by atomic mass is 9.93. The predicted octanol–water partition coefficient (Wildman–Crippen LogP) is 1.24. The Kier molecular flexibility index (Phi) is 4.39. The molecule has 0 radical (unpaired) electrons. The largest absolute Gasteiger partial charge is 0.344 e. The van der Waals surface area contributed by atoms with Crippen LogP contribution < -0.4 is 5.32 Å². The Labute approximate surface area is 86.9 Å². The first-order valence-electron chi connectivity index (χ1n) is 5.63. The second-order valence-corrected chi connectivity index (χ2v) is 4.40. The second-order valence-electron chi connectivity index (χ2n) is 4.40. The molecule has 0 aliphatic carbocycles. The lowest BCUT2D eigenvalue weighted by molar-refractivity contribution is -0.133. The molecule has 2 atom stereocenters. The highest BCUT2D eigenvalue weighted by Gasteiger charge is 2.26. The summed E-state index contributed by atoms with van der Waals surface area (Å²) in [5.41, 5.74) is 0. The summed E-state index contributed by atoms with van der Waals surface area (Å²) in [5.74, 6) is 0.943. The average Bonchev–Trinajstić information content (AvgIpc) is 2.17. The summed E-state index contributed by atoms with van der Waals surface area (Å²) in [4.78, 5) is 13.7. The average molecular weight is 198 g/mol. The maximum atomic E-state index is 11.9. The molecule has 1 heterocycles. The molecule has 1 rings (SSSR count). The topological polar surface area (TPSA) is 32.3 Å². The van der Waals surface area contributed by atoms with Gasteiger partial charge < -0.3 is 10.2 Å². The van der Waals surface area contributed by atoms with Crippen molar-refractivity contribution in [3.63, 3.8) is 0 Å². The van der Waals surface area contributed by atoms with Crippen molar-refractivity contribution < 1.29 is 4.79 Å². The van der Waals surface area contributed by atoms with Crippen molar-refractivity contribution in [2.75, 3.05) is 20.1 Å². The van der Waals surface area contributed by atoms with E-state index in [4.69, 9.17) is 0 Å². The van der Waals surface area contributed by atoms with Gasteiger partial charge in [-0.3, -0.25) is 4.79 Å². The summed E-state index contributed by atoms with van der Waals surface area (Å²) in [6.07, 6.45) is 3.22. The zero-order chi connectivity index (χ0) is 10.6. The summed E-state index contributed by atoms with van der Waals surface area (Å²) in [7, 11) is 1.90. The van der Waals surface area contributed by atoms with Crippen LogP contribution in [0, 0.1) is 5.92 Å². The van der Waals surface area contributed by atoms with Gasteiger partial charge in [0.15, 0.2) is 0 Å². The minimum absolute atomic E-state index is 0.0651. The molecule has 0 aromatic heterocycles. The molecule has 82 valence electrons. The summed E-state index contributed by atoms with van der Waals surface area (Å²) in [6.45, 7) is 6.17. The van der Waals surface area contributed by atoms with Crippen molar-refractivity contribution in [1.29, 1.82) is 0 Å². The molecule has 0 bridgehead atoms. The van der Waals surface area contributed by atoms with Crippen LogP contribution in [0.5, 0.6) is 0 Å². The number of nitrogens with zero attached hydrogens (tertiary/aromatic N) is 1. The molecule has 1 amide bonds. The Morgan fingerprint density at radius 3 is 2.86 bits per heavy atom. The van der Waals surface area contributed by atoms with Gasteiger partial charge in [0.05, 0.1) is 6.04 Å². The summed E-state index contributed by atoms with van der Waals surface area (Å²) < 4.78 is 0. The van der Waals surface area contributed by atoms with E-state index in [0.29, 0.717) is 5.92 Å². The van der Waals surface area contributed by atoms with Gasteiger partial charge in [-0.15, -0.1) is 0 Å². The smallest absolute Gasteiger partial charge is 0.239 e. The van der Waals surface area contributed by atoms with E-state index < -0.39 is 0 Å². The first-order valence-corrected chi connectivity index (χ1v) is 5.63. The van der Waals surface area contributed by atoms with Gasteiger partial charge in [-0.25, -0.2) is 0 Å². The van der Waals surface area contributed by atoms with E-state index in [-0.39, 0.29) is 11.9 Å². The number of nitrogens with one attached hydrogen (secondary N) is 1. The van der Waals surface area contributed by atoms with Crippen molar-refractivity contribution in [2.45, 2.75) is 39.2 Å². The SMILES string of the molecule is CCCN(C)C(=O)C1CC(C)CCN1. The van der Waals surface area contributed by atoms with E-state index in [9.17, 15) is 4.79 Å². The molecule has 2 unspecified atom stereocenters. The van der Waals surface area contributed by atoms with Crippen LogP contribution in [0.25, 0.3) is 0 Å². The van der Waals surface area contributed by atoms with Crippen LogP contribution in [0.15, 0.2) is 0 Å². The molecule has 3 nitrogen and oxygen atoms in total. The molecular weight excluding hydrogens is 176 g/mol. The number of amides is 1. The monoisotopic (exact) mass is 198 g/mol. The van der Waals surface area contributed by atoms with Crippen molar-refractivity contribution >= 4 is 5.91 Å². The van der Waals surface area contributed by atoms with E-state index >= 15 is 0 Å². The van der Waals surface area contributed by atoms with E-state index in [1.165, 1.54) is 6.42 Å². The van der Waals surface area contributed by atoms with Crippen LogP contribution in [0.1, 0.15) is 33.1 Å². The van der Waals surface area contributed by atoms with Gasteiger partial charge in [0, 0.05) is 13.6 Å². The van der Waals surface area contributed by atoms with Gasteiger partial charge in [-0.2, -0.15) is 0 Å². The lowest BCUT2D eigenvalue weighted by Gasteiger charge is -2.30. The number of hydrogen-bond acceptors (Lipinski definition) is 2. The molecule has 14 heavy (non-hydrogen) atoms. The Morgan fingerprint density at radius 1 is 1.57 bits per heavy atom. The minimum atomic E-state index is 0.0651. The van der Waals surface area contributed by atoms with Gasteiger partial charge in [0.1, 0.15) is 0 Å². The zero-order valence-electron chi connectivity index (χ0n) is 9.55. The third-order valence-corrected chi connectivity index (χ3v) is 2.90. The van der Waals surface area contributed by atoms with Crippen LogP contribution >= 0.6 is 0 Å². The molecule has 0 spiro atoms. The molecule has 1 saturated heterocycles. The fraction of sp³-hybridized carbons (Fsp3) is 0.909. The highest BCUT2D eigenvalue weighted by molar-refractivity contribution is 5.81. The zero-order valence-corrected chi connectivity index (χ0v) is 9.55. The maximum absolute atomic E-state index is 11.9. The number of likely N-dealkylation sites (N-methyl/N-ethyl adjacent to an activating group) is 1. The van der Waals surface area contributed by atoms with Crippen molar-refractivity contribution in [3.05, 3.63) is 0 Å². The van der Waals surface area contributed by atoms with Crippen LogP contribution in [0.2, 0.25) is 0 Å². The molecule has 3 heteroatoms. The molecule has 0 aromatic carbocycles. The van der Waals surface area contributed by atoms with Crippen molar-refractivity contribution in [3.8, 4) is 0 Å². The molecule has 0 aromatic rings. The fourth-order valence-corrected chi connectivity index (χ4v) is 2.01. The van der Waals surface area contributed by atoms with E-state index in [2.05, 4.69) is 19.2 Å². The molecule has 1 fully saturated rings. The van der Waals surface area contributed by atoms with Crippen molar-refractivity contribution in [1.82, 2.24) is 10.2 Å². The van der Waals surface area contributed by atoms with Crippen LogP contribution in [0.4, 0.5) is 0 Å². The second kappa shape index (κ2) is 5.35. The number of hydrogen-bond donors (Lipinski definition) is 1. The van der Waals surface area contributed by atoms with Crippen LogP contribution in [-0.2, 0) is 4.79 Å². The number of carbonyl (C=O) groups is 1. The maximum Gasteiger partial charge on any atom is 0.239 e. The normalized spacial score (nSPS) is 27.4. The predicted molar refractivity (Wildman–Crippen MR) is 58.1 cm³/mol. The Balaban J connectivity index is 2.42. The molecule has 0 saturated carbocycles. The van der Waals surface area contributed by atoms with E-state index in [0.717, 1.165) is 25.9 Å². The van der Waals surface area contributed by atoms with Crippen LogP contribution in [0.3, 0.4) is 0 Å². The summed E-state index contributed by atoms with van der Waals surface area (Å²) in [5, 5.41) is 3.30. The highest BCUT2D eigenvalue weighted by Crippen LogP contribution is 2.16. The lowest BCUT2D eigenvalue weighted by Crippen LogP contribution is -2.49. The Bertz CT molecular complexity index is 194. The minimum Gasteiger partial charge on any atom is -0.344 e. The highest BCUT2D eigenvalue weighted by atomic mass is 16.2. The fourth-order valence-electron chi connectivity index (χ4n) is 2.01. The third-order valence-electron chi connectivity index (χ3n) is 2.90. The van der Waals surface area contributed by atoms with Gasteiger partial charge in [0.2, 0.25) is 5.91 Å². The number of piperidine rings is 1. The molecule has 1 aliphatic rings. The van der Waals surface area contributed by atoms with Gasteiger partial charge in [0.25, 0.3) is 0 Å². The van der Waals surface area contributed by atoms with Crippen molar-refractivity contribution in [2.24, 2.45) is 5.92 Å². The standard InChI is InChI=1S/C11H22N2O/c1-4-7-13(3)11(14)10-8-9(2)5-6-12-10/h9-10,12H,4-8H2,1-3H3. The van der Waals surface area contributed by atoms with Crippen LogP contribution in [-0.4, -0.2) is 37.0 Å². The molecular formula is C11H22N2O. The number of rotatable bonds is 3. The number of carbonyl (C=O) groups excluding carboxylic acids is 1. The van der Waals surface area contributed by atoms with Gasteiger partial charge >= 0.3 is 0 Å². The quantitative estimate of drug-likeness (QED) is 0.740. The molecule has 1 aliphatic heterocycles.